The molecule has 0 saturated carbocycles. The van der Waals surface area contributed by atoms with Crippen molar-refractivity contribution < 1.29 is 18.3 Å². The second kappa shape index (κ2) is 5.11. The zero-order valence-corrected chi connectivity index (χ0v) is 13.0. The first-order chi connectivity index (χ1) is 10.3. The average Bonchev–Trinajstić information content (AvgIpc) is 2.95. The van der Waals surface area contributed by atoms with Gasteiger partial charge in [0.15, 0.2) is 4.96 Å². The van der Waals surface area contributed by atoms with Gasteiger partial charge in [-0.1, -0.05) is 23.5 Å². The number of aromatic nitrogens is 2. The number of hydrogen-bond acceptors (Lipinski definition) is 5. The van der Waals surface area contributed by atoms with E-state index in [0.29, 0.717) is 16.3 Å². The third-order valence-corrected chi connectivity index (χ3v) is 4.44. The number of thiazole rings is 1. The van der Waals surface area contributed by atoms with E-state index >= 15 is 0 Å². The van der Waals surface area contributed by atoms with E-state index in [1.807, 2.05) is 0 Å². The molecule has 22 heavy (non-hydrogen) atoms. The molecule has 0 amide bonds. The first-order valence-electron chi connectivity index (χ1n) is 6.12. The highest BCUT2D eigenvalue weighted by Gasteiger charge is 2.12. The van der Waals surface area contributed by atoms with E-state index in [0.717, 1.165) is 23.2 Å². The lowest BCUT2D eigenvalue weighted by Crippen LogP contribution is -2.09. The lowest BCUT2D eigenvalue weighted by atomic mass is 10.1. The summed E-state index contributed by atoms with van der Waals surface area (Å²) in [4.78, 5) is 16.1. The Morgan fingerprint density at radius 1 is 1.27 bits per heavy atom. The average molecular weight is 337 g/mol. The molecule has 1 aromatic carbocycles. The third kappa shape index (κ3) is 2.95. The summed E-state index contributed by atoms with van der Waals surface area (Å²) in [6, 6.07) is 6.79. The first kappa shape index (κ1) is 14.5. The largest absolute Gasteiger partial charge is 0.477 e. The minimum atomic E-state index is -3.30. The zero-order valence-electron chi connectivity index (χ0n) is 11.3. The Bertz CT molecular complexity index is 924. The van der Waals surface area contributed by atoms with Gasteiger partial charge in [-0.15, -0.1) is 0 Å². The van der Waals surface area contributed by atoms with E-state index < -0.39 is 16.0 Å². The number of anilines is 1. The number of carboxylic acid groups (broad SMARTS) is 1. The zero-order chi connectivity index (χ0) is 15.9. The van der Waals surface area contributed by atoms with Crippen molar-refractivity contribution in [2.75, 3.05) is 11.0 Å². The number of benzene rings is 1. The van der Waals surface area contributed by atoms with Crippen LogP contribution in [0.5, 0.6) is 0 Å². The number of carbonyl (C=O) groups is 1. The van der Waals surface area contributed by atoms with Gasteiger partial charge < -0.3 is 5.11 Å². The molecule has 9 heteroatoms. The number of imidazole rings is 1. The van der Waals surface area contributed by atoms with E-state index in [9.17, 15) is 13.2 Å². The van der Waals surface area contributed by atoms with Gasteiger partial charge in [-0.3, -0.25) is 9.12 Å². The number of sulfonamides is 1. The van der Waals surface area contributed by atoms with Gasteiger partial charge in [0.2, 0.25) is 10.0 Å². The molecule has 0 aliphatic carbocycles. The molecule has 0 radical (unpaired) electrons. The van der Waals surface area contributed by atoms with E-state index in [-0.39, 0.29) is 4.88 Å². The predicted octanol–water partition coefficient (Wildman–Crippen LogP) is 2.13. The van der Waals surface area contributed by atoms with Gasteiger partial charge in [-0.2, -0.15) is 0 Å². The second-order valence-corrected chi connectivity index (χ2v) is 7.43. The Morgan fingerprint density at radius 2 is 1.95 bits per heavy atom. The molecule has 2 aromatic heterocycles. The van der Waals surface area contributed by atoms with Crippen molar-refractivity contribution in [1.82, 2.24) is 9.38 Å². The highest BCUT2D eigenvalue weighted by atomic mass is 32.2. The van der Waals surface area contributed by atoms with Gasteiger partial charge in [0, 0.05) is 23.6 Å². The van der Waals surface area contributed by atoms with Crippen molar-refractivity contribution in [2.45, 2.75) is 0 Å². The van der Waals surface area contributed by atoms with Gasteiger partial charge in [0.1, 0.15) is 4.88 Å². The molecule has 7 nitrogen and oxygen atoms in total. The Morgan fingerprint density at radius 3 is 2.50 bits per heavy atom. The van der Waals surface area contributed by atoms with Gasteiger partial charge in [-0.25, -0.2) is 18.2 Å². The van der Waals surface area contributed by atoms with Crippen molar-refractivity contribution in [3.8, 4) is 11.3 Å². The fraction of sp³-hybridized carbons (Fsp3) is 0.0769. The summed E-state index contributed by atoms with van der Waals surface area (Å²) in [5.74, 6) is -0.978. The number of aromatic carboxylic acids is 1. The summed E-state index contributed by atoms with van der Waals surface area (Å²) >= 11 is 1.09. The Balaban J connectivity index is 1.90. The Kier molecular flexibility index (Phi) is 3.38. The van der Waals surface area contributed by atoms with Crippen molar-refractivity contribution in [3.63, 3.8) is 0 Å². The van der Waals surface area contributed by atoms with Crippen LogP contribution >= 0.6 is 11.3 Å². The highest BCUT2D eigenvalue weighted by Crippen LogP contribution is 2.25. The Labute approximate surface area is 129 Å². The summed E-state index contributed by atoms with van der Waals surface area (Å²) in [5, 5.41) is 8.93. The number of nitrogens with one attached hydrogen (secondary N) is 1. The molecule has 0 bridgehead atoms. The lowest BCUT2D eigenvalue weighted by Gasteiger charge is -2.04. The molecule has 0 spiro atoms. The molecule has 0 aliphatic rings. The van der Waals surface area contributed by atoms with Crippen LogP contribution < -0.4 is 4.72 Å². The monoisotopic (exact) mass is 337 g/mol. The van der Waals surface area contributed by atoms with Crippen molar-refractivity contribution in [3.05, 3.63) is 41.5 Å². The van der Waals surface area contributed by atoms with E-state index in [1.165, 1.54) is 6.20 Å². The Hall–Kier alpha value is -2.39. The minimum absolute atomic E-state index is 0.224. The maximum Gasteiger partial charge on any atom is 0.347 e. The van der Waals surface area contributed by atoms with E-state index in [1.54, 1.807) is 34.9 Å². The maximum atomic E-state index is 11.2. The second-order valence-electron chi connectivity index (χ2n) is 4.67. The molecular weight excluding hydrogens is 326 g/mol. The third-order valence-electron chi connectivity index (χ3n) is 2.85. The van der Waals surface area contributed by atoms with Crippen LogP contribution in [0.1, 0.15) is 9.67 Å². The van der Waals surface area contributed by atoms with Crippen LogP contribution in [0.4, 0.5) is 5.69 Å². The fourth-order valence-electron chi connectivity index (χ4n) is 1.96. The van der Waals surface area contributed by atoms with Crippen molar-refractivity contribution in [2.24, 2.45) is 0 Å². The highest BCUT2D eigenvalue weighted by molar-refractivity contribution is 7.92. The molecule has 3 aromatic rings. The predicted molar refractivity (Wildman–Crippen MR) is 83.9 cm³/mol. The summed E-state index contributed by atoms with van der Waals surface area (Å²) in [6.45, 7) is 0. The molecule has 0 aliphatic heterocycles. The minimum Gasteiger partial charge on any atom is -0.477 e. The normalized spacial score (nSPS) is 11.7. The van der Waals surface area contributed by atoms with Crippen molar-refractivity contribution in [1.29, 1.82) is 0 Å². The van der Waals surface area contributed by atoms with E-state index in [4.69, 9.17) is 5.11 Å². The van der Waals surface area contributed by atoms with Crippen LogP contribution in [0, 0.1) is 0 Å². The van der Waals surface area contributed by atoms with Gasteiger partial charge in [0.05, 0.1) is 11.9 Å². The number of rotatable bonds is 4. The lowest BCUT2D eigenvalue weighted by molar-refractivity contribution is 0.0701. The standard InChI is InChI=1S/C13H11N3O4S2/c1-22(19,20)15-9-4-2-8(3-5-9)10-6-16-7-11(12(17)18)21-13(16)14-10/h2-7,15H,1H3,(H,17,18). The van der Waals surface area contributed by atoms with Crippen LogP contribution in [0.2, 0.25) is 0 Å². The van der Waals surface area contributed by atoms with Crippen molar-refractivity contribution >= 4 is 38.0 Å². The number of nitrogens with zero attached hydrogens (tertiary/aromatic N) is 2. The van der Waals surface area contributed by atoms with E-state index in [2.05, 4.69) is 9.71 Å². The summed E-state index contributed by atoms with van der Waals surface area (Å²) in [7, 11) is -3.30. The summed E-state index contributed by atoms with van der Waals surface area (Å²) < 4.78 is 26.3. The smallest absolute Gasteiger partial charge is 0.347 e. The number of carboxylic acids is 1. The topological polar surface area (TPSA) is 101 Å². The maximum absolute atomic E-state index is 11.2. The quantitative estimate of drug-likeness (QED) is 0.759. The molecular formula is C13H11N3O4S2. The molecule has 2 heterocycles. The molecule has 0 saturated heterocycles. The molecule has 3 rings (SSSR count). The van der Waals surface area contributed by atoms with Crippen LogP contribution in [0.15, 0.2) is 36.7 Å². The fourth-order valence-corrected chi connectivity index (χ4v) is 3.33. The molecule has 114 valence electrons. The molecule has 2 N–H and O–H groups in total. The number of hydrogen-bond donors (Lipinski definition) is 2. The van der Waals surface area contributed by atoms with Crippen LogP contribution in [0.3, 0.4) is 0 Å². The molecule has 0 unspecified atom stereocenters. The van der Waals surface area contributed by atoms with Crippen LogP contribution in [-0.2, 0) is 10.0 Å². The molecule has 0 fully saturated rings. The number of fused-ring (bicyclic) bond motifs is 1. The SMILES string of the molecule is CS(=O)(=O)Nc1ccc(-c2cn3cc(C(=O)O)sc3n2)cc1. The van der Waals surface area contributed by atoms with Gasteiger partial charge >= 0.3 is 5.97 Å². The van der Waals surface area contributed by atoms with Gasteiger partial charge in [0.25, 0.3) is 0 Å². The van der Waals surface area contributed by atoms with Crippen LogP contribution in [-0.4, -0.2) is 35.1 Å². The summed E-state index contributed by atoms with van der Waals surface area (Å²) in [6.07, 6.45) is 4.33. The van der Waals surface area contributed by atoms with Crippen LogP contribution in [0.25, 0.3) is 16.2 Å². The summed E-state index contributed by atoms with van der Waals surface area (Å²) in [5.41, 5.74) is 1.97. The first-order valence-corrected chi connectivity index (χ1v) is 8.83. The van der Waals surface area contributed by atoms with Gasteiger partial charge in [-0.05, 0) is 12.1 Å². The molecule has 0 atom stereocenters.